The van der Waals surface area contributed by atoms with Crippen LogP contribution in [-0.2, 0) is 9.47 Å². The highest BCUT2D eigenvalue weighted by Gasteiger charge is 2.19. The van der Waals surface area contributed by atoms with E-state index in [0.29, 0.717) is 5.69 Å². The highest BCUT2D eigenvalue weighted by molar-refractivity contribution is 7.07. The first-order valence-corrected chi connectivity index (χ1v) is 5.38. The number of methoxy groups -OCH3 is 2. The predicted octanol–water partition coefficient (Wildman–Crippen LogP) is 0.880. The fourth-order valence-electron chi connectivity index (χ4n) is 1.18. The van der Waals surface area contributed by atoms with Crippen LogP contribution in [0.5, 0.6) is 0 Å². The van der Waals surface area contributed by atoms with Crippen LogP contribution in [-0.4, -0.2) is 37.4 Å². The molecule has 15 heavy (non-hydrogen) atoms. The first-order chi connectivity index (χ1) is 7.19. The fourth-order valence-corrected chi connectivity index (χ4v) is 1.71. The number of amides is 1. The maximum absolute atomic E-state index is 11.6. The molecule has 1 heterocycles. The zero-order chi connectivity index (χ0) is 11.3. The standard InChI is InChI=1S/C9H14N2O3S/c1-6(9(13-2)14-3)11-8(12)7-4-15-5-10-7/h4-6,9H,1-3H3,(H,11,12). The molecule has 0 radical (unpaired) electrons. The molecule has 1 N–H and O–H groups in total. The van der Waals surface area contributed by atoms with E-state index in [9.17, 15) is 4.79 Å². The molecule has 1 aromatic rings. The summed E-state index contributed by atoms with van der Waals surface area (Å²) < 4.78 is 10.0. The summed E-state index contributed by atoms with van der Waals surface area (Å²) >= 11 is 1.38. The van der Waals surface area contributed by atoms with Gasteiger partial charge in [-0.1, -0.05) is 0 Å². The predicted molar refractivity (Wildman–Crippen MR) is 56.8 cm³/mol. The number of carbonyl (C=O) groups excluding carboxylic acids is 1. The zero-order valence-electron chi connectivity index (χ0n) is 8.89. The summed E-state index contributed by atoms with van der Waals surface area (Å²) in [6.07, 6.45) is -0.451. The maximum Gasteiger partial charge on any atom is 0.271 e. The van der Waals surface area contributed by atoms with E-state index < -0.39 is 6.29 Å². The molecule has 0 aliphatic heterocycles. The van der Waals surface area contributed by atoms with E-state index in [1.807, 2.05) is 6.92 Å². The van der Waals surface area contributed by atoms with Crippen LogP contribution in [0.4, 0.5) is 0 Å². The second-order valence-corrected chi connectivity index (χ2v) is 3.69. The van der Waals surface area contributed by atoms with Crippen molar-refractivity contribution in [3.63, 3.8) is 0 Å². The third-order valence-corrected chi connectivity index (χ3v) is 2.48. The molecule has 0 aliphatic rings. The van der Waals surface area contributed by atoms with E-state index in [4.69, 9.17) is 9.47 Å². The second-order valence-electron chi connectivity index (χ2n) is 2.98. The van der Waals surface area contributed by atoms with Gasteiger partial charge in [0.2, 0.25) is 0 Å². The number of thiazole rings is 1. The van der Waals surface area contributed by atoms with Crippen molar-refractivity contribution in [1.82, 2.24) is 10.3 Å². The number of hydrogen-bond acceptors (Lipinski definition) is 5. The largest absolute Gasteiger partial charge is 0.354 e. The third-order valence-electron chi connectivity index (χ3n) is 1.90. The first kappa shape index (κ1) is 12.1. The molecule has 1 rings (SSSR count). The summed E-state index contributed by atoms with van der Waals surface area (Å²) in [4.78, 5) is 15.5. The highest BCUT2D eigenvalue weighted by Crippen LogP contribution is 2.03. The van der Waals surface area contributed by atoms with Gasteiger partial charge in [-0.3, -0.25) is 4.79 Å². The Bertz CT molecular complexity index is 298. The minimum absolute atomic E-state index is 0.220. The van der Waals surface area contributed by atoms with Crippen molar-refractivity contribution in [1.29, 1.82) is 0 Å². The van der Waals surface area contributed by atoms with Crippen LogP contribution >= 0.6 is 11.3 Å². The molecule has 0 fully saturated rings. The molecule has 84 valence electrons. The second kappa shape index (κ2) is 5.79. The number of carbonyl (C=O) groups is 1. The van der Waals surface area contributed by atoms with Gasteiger partial charge in [0.05, 0.1) is 11.6 Å². The summed E-state index contributed by atoms with van der Waals surface area (Å²) in [5.74, 6) is -0.220. The molecule has 1 aromatic heterocycles. The van der Waals surface area contributed by atoms with E-state index in [0.717, 1.165) is 0 Å². The Morgan fingerprint density at radius 1 is 1.53 bits per heavy atom. The number of aromatic nitrogens is 1. The molecule has 0 saturated carbocycles. The lowest BCUT2D eigenvalue weighted by Crippen LogP contribution is -2.43. The van der Waals surface area contributed by atoms with Gasteiger partial charge in [-0.2, -0.15) is 0 Å². The van der Waals surface area contributed by atoms with Gasteiger partial charge in [-0.05, 0) is 6.92 Å². The average molecular weight is 230 g/mol. The number of ether oxygens (including phenoxy) is 2. The SMILES string of the molecule is COC(OC)C(C)NC(=O)c1cscn1. The Morgan fingerprint density at radius 3 is 2.67 bits per heavy atom. The Kier molecular flexibility index (Phi) is 4.67. The molecule has 0 saturated heterocycles. The van der Waals surface area contributed by atoms with Gasteiger partial charge in [0.15, 0.2) is 6.29 Å². The molecule has 5 nitrogen and oxygen atoms in total. The average Bonchev–Trinajstić information content (AvgIpc) is 2.72. The summed E-state index contributed by atoms with van der Waals surface area (Å²) in [5.41, 5.74) is 2.03. The summed E-state index contributed by atoms with van der Waals surface area (Å²) in [5, 5.41) is 4.43. The Hall–Kier alpha value is -0.980. The smallest absolute Gasteiger partial charge is 0.271 e. The van der Waals surface area contributed by atoms with Crippen LogP contribution in [0.2, 0.25) is 0 Å². The topological polar surface area (TPSA) is 60.5 Å². The van der Waals surface area contributed by atoms with Crippen molar-refractivity contribution >= 4 is 17.2 Å². The molecule has 1 unspecified atom stereocenters. The lowest BCUT2D eigenvalue weighted by molar-refractivity contribution is -0.117. The molecule has 0 aliphatic carbocycles. The van der Waals surface area contributed by atoms with Gasteiger partial charge in [0.1, 0.15) is 5.69 Å². The minimum atomic E-state index is -0.451. The monoisotopic (exact) mass is 230 g/mol. The normalized spacial score (nSPS) is 12.8. The van der Waals surface area contributed by atoms with E-state index >= 15 is 0 Å². The van der Waals surface area contributed by atoms with Crippen molar-refractivity contribution in [3.8, 4) is 0 Å². The molecule has 1 atom stereocenters. The van der Waals surface area contributed by atoms with E-state index in [-0.39, 0.29) is 11.9 Å². The van der Waals surface area contributed by atoms with Crippen LogP contribution < -0.4 is 5.32 Å². The summed E-state index contributed by atoms with van der Waals surface area (Å²) in [7, 11) is 3.05. The molecule has 6 heteroatoms. The van der Waals surface area contributed by atoms with Crippen LogP contribution in [0.1, 0.15) is 17.4 Å². The van der Waals surface area contributed by atoms with Crippen LogP contribution in [0.3, 0.4) is 0 Å². The van der Waals surface area contributed by atoms with Crippen molar-refractivity contribution in [2.45, 2.75) is 19.3 Å². The minimum Gasteiger partial charge on any atom is -0.354 e. The Morgan fingerprint density at radius 2 is 2.20 bits per heavy atom. The lowest BCUT2D eigenvalue weighted by Gasteiger charge is -2.21. The Balaban J connectivity index is 2.51. The number of nitrogens with zero attached hydrogens (tertiary/aromatic N) is 1. The van der Waals surface area contributed by atoms with Crippen molar-refractivity contribution in [3.05, 3.63) is 16.6 Å². The van der Waals surface area contributed by atoms with Crippen LogP contribution in [0, 0.1) is 0 Å². The van der Waals surface area contributed by atoms with Crippen molar-refractivity contribution < 1.29 is 14.3 Å². The van der Waals surface area contributed by atoms with Crippen molar-refractivity contribution in [2.75, 3.05) is 14.2 Å². The van der Waals surface area contributed by atoms with Gasteiger partial charge in [0, 0.05) is 19.6 Å². The summed E-state index contributed by atoms with van der Waals surface area (Å²) in [6.45, 7) is 1.81. The van der Waals surface area contributed by atoms with Crippen LogP contribution in [0.15, 0.2) is 10.9 Å². The number of rotatable bonds is 5. The van der Waals surface area contributed by atoms with Gasteiger partial charge < -0.3 is 14.8 Å². The molecule has 0 bridgehead atoms. The fraction of sp³-hybridized carbons (Fsp3) is 0.556. The van der Waals surface area contributed by atoms with Crippen molar-refractivity contribution in [2.24, 2.45) is 0 Å². The van der Waals surface area contributed by atoms with E-state index in [2.05, 4.69) is 10.3 Å². The molecular formula is C9H14N2O3S. The molecule has 1 amide bonds. The van der Waals surface area contributed by atoms with Gasteiger partial charge >= 0.3 is 0 Å². The number of hydrogen-bond donors (Lipinski definition) is 1. The first-order valence-electron chi connectivity index (χ1n) is 4.43. The lowest BCUT2D eigenvalue weighted by atomic mass is 10.3. The van der Waals surface area contributed by atoms with Gasteiger partial charge in [0.25, 0.3) is 5.91 Å². The molecule has 0 spiro atoms. The van der Waals surface area contributed by atoms with Crippen LogP contribution in [0.25, 0.3) is 0 Å². The maximum atomic E-state index is 11.6. The van der Waals surface area contributed by atoms with Gasteiger partial charge in [-0.15, -0.1) is 11.3 Å². The zero-order valence-corrected chi connectivity index (χ0v) is 9.71. The van der Waals surface area contributed by atoms with E-state index in [1.54, 1.807) is 10.9 Å². The Labute approximate surface area is 92.4 Å². The van der Waals surface area contributed by atoms with Gasteiger partial charge in [-0.25, -0.2) is 4.98 Å². The number of nitrogens with one attached hydrogen (secondary N) is 1. The third kappa shape index (κ3) is 3.26. The molecular weight excluding hydrogens is 216 g/mol. The van der Waals surface area contributed by atoms with E-state index in [1.165, 1.54) is 25.6 Å². The molecule has 0 aromatic carbocycles. The quantitative estimate of drug-likeness (QED) is 0.763. The highest BCUT2D eigenvalue weighted by atomic mass is 32.1. The summed E-state index contributed by atoms with van der Waals surface area (Å²) in [6, 6.07) is -0.228.